The van der Waals surface area contributed by atoms with Crippen LogP contribution < -0.4 is 14.7 Å². The highest BCUT2D eigenvalue weighted by Gasteiger charge is 2.15. The summed E-state index contributed by atoms with van der Waals surface area (Å²) in [5.74, 6) is 1.92. The van der Waals surface area contributed by atoms with Crippen LogP contribution in [0.15, 0.2) is 81.5 Å². The van der Waals surface area contributed by atoms with Crippen molar-refractivity contribution < 1.29 is 21.6 Å². The minimum absolute atomic E-state index is 0.0642. The number of fused-ring (bicyclic) bond motifs is 1. The van der Waals surface area contributed by atoms with Crippen molar-refractivity contribution in [1.82, 2.24) is 4.57 Å². The number of nitrogens with two attached hydrogens (primary N) is 1. The average Bonchev–Trinajstić information content (AvgIpc) is 3.15. The normalized spacial score (nSPS) is 12.4. The van der Waals surface area contributed by atoms with Gasteiger partial charge in [-0.25, -0.2) is 22.0 Å². The molecule has 1 amide bonds. The summed E-state index contributed by atoms with van der Waals surface area (Å²) in [6.45, 7) is 1.97. The Balaban J connectivity index is 1.64. The zero-order valence-corrected chi connectivity index (χ0v) is 21.3. The number of primary sulfonamides is 1. The van der Waals surface area contributed by atoms with Crippen LogP contribution in [0, 0.1) is 19.3 Å². The van der Waals surface area contributed by atoms with Crippen molar-refractivity contribution >= 4 is 53.2 Å². The predicted molar refractivity (Wildman–Crippen MR) is 138 cm³/mol. The maximum atomic E-state index is 12.8. The molecule has 4 aromatic rings. The van der Waals surface area contributed by atoms with Crippen LogP contribution in [0.2, 0.25) is 0 Å². The summed E-state index contributed by atoms with van der Waals surface area (Å²) in [6.07, 6.45) is 5.47. The number of amides is 1. The number of aromatic nitrogens is 1. The summed E-state index contributed by atoms with van der Waals surface area (Å²) in [5.41, 5.74) is 2.06. The summed E-state index contributed by atoms with van der Waals surface area (Å²) in [4.78, 5) is 17.3. The fourth-order valence-electron chi connectivity index (χ4n) is 3.32. The molecule has 1 aromatic heterocycles. The Hall–Kier alpha value is -3.76. The highest BCUT2D eigenvalue weighted by atomic mass is 32.2. The minimum atomic E-state index is -3.90. The largest absolute Gasteiger partial charge is 0.305 e. The third-order valence-electron chi connectivity index (χ3n) is 5.14. The minimum Gasteiger partial charge on any atom is -0.305 e. The lowest BCUT2D eigenvalue weighted by Crippen LogP contribution is -2.16. The number of hydrogen-bond acceptors (Lipinski definition) is 6. The molecule has 0 atom stereocenters. The van der Waals surface area contributed by atoms with E-state index >= 15 is 0 Å². The van der Waals surface area contributed by atoms with Crippen molar-refractivity contribution in [2.24, 2.45) is 10.1 Å². The van der Waals surface area contributed by atoms with Gasteiger partial charge in [0, 0.05) is 11.3 Å². The summed E-state index contributed by atoms with van der Waals surface area (Å²) < 4.78 is 53.2. The van der Waals surface area contributed by atoms with Gasteiger partial charge in [-0.15, -0.1) is 6.42 Å². The molecule has 184 valence electrons. The van der Waals surface area contributed by atoms with E-state index in [2.05, 4.69) is 15.6 Å². The van der Waals surface area contributed by atoms with Crippen LogP contribution in [0.5, 0.6) is 0 Å². The molecule has 3 N–H and O–H groups in total. The average molecular weight is 541 g/mol. The number of hydrogen-bond donors (Lipinski definition) is 2. The van der Waals surface area contributed by atoms with Crippen molar-refractivity contribution in [3.63, 3.8) is 0 Å². The molecule has 0 spiro atoms. The number of nitrogens with zero attached hydrogens (tertiary/aromatic N) is 2. The topological polar surface area (TPSA) is 141 Å². The van der Waals surface area contributed by atoms with Gasteiger partial charge in [0.05, 0.1) is 26.6 Å². The SMILES string of the molecule is C#CCn1c(=NC(=O)c2ccc(NS(=O)(=O)c3ccc(C)cc3)cc2)sc2cc(S(N)(=O)=O)ccc21. The molecule has 4 rings (SSSR count). The van der Waals surface area contributed by atoms with Gasteiger partial charge in [0.1, 0.15) is 0 Å². The Morgan fingerprint density at radius 2 is 1.67 bits per heavy atom. The lowest BCUT2D eigenvalue weighted by molar-refractivity contribution is 0.0998. The number of nitrogens with one attached hydrogen (secondary N) is 1. The number of anilines is 1. The fourth-order valence-corrected chi connectivity index (χ4v) is 6.06. The van der Waals surface area contributed by atoms with Crippen molar-refractivity contribution in [3.8, 4) is 12.3 Å². The molecule has 36 heavy (non-hydrogen) atoms. The maximum Gasteiger partial charge on any atom is 0.279 e. The molecule has 0 saturated carbocycles. The van der Waals surface area contributed by atoms with Crippen molar-refractivity contribution in [3.05, 3.63) is 82.7 Å². The van der Waals surface area contributed by atoms with E-state index in [4.69, 9.17) is 11.6 Å². The number of sulfonamides is 2. The van der Waals surface area contributed by atoms with E-state index in [1.54, 1.807) is 22.8 Å². The molecule has 0 aliphatic carbocycles. The third-order valence-corrected chi connectivity index (χ3v) is 8.49. The Morgan fingerprint density at radius 3 is 2.28 bits per heavy atom. The summed E-state index contributed by atoms with van der Waals surface area (Å²) in [6, 6.07) is 16.6. The first-order valence-corrected chi connectivity index (χ1v) is 14.2. The number of thiazole rings is 1. The van der Waals surface area contributed by atoms with E-state index in [1.165, 1.54) is 48.5 Å². The standard InChI is InChI=1S/C24H20N4O5S3/c1-3-14-28-21-13-12-20(35(25,30)31)15-22(21)34-24(28)26-23(29)17-6-8-18(9-7-17)27-36(32,33)19-10-4-16(2)5-11-19/h1,4-13,15,27H,14H2,2H3,(H2,25,30,31). The van der Waals surface area contributed by atoms with Gasteiger partial charge < -0.3 is 4.57 Å². The van der Waals surface area contributed by atoms with Crippen LogP contribution in [0.1, 0.15) is 15.9 Å². The van der Waals surface area contributed by atoms with Crippen molar-refractivity contribution in [2.45, 2.75) is 23.3 Å². The molecule has 0 radical (unpaired) electrons. The van der Waals surface area contributed by atoms with E-state index < -0.39 is 26.0 Å². The molecule has 12 heteroatoms. The smallest absolute Gasteiger partial charge is 0.279 e. The van der Waals surface area contributed by atoms with Crippen LogP contribution in [0.3, 0.4) is 0 Å². The second-order valence-corrected chi connectivity index (χ2v) is 12.0. The van der Waals surface area contributed by atoms with Crippen LogP contribution in [0.4, 0.5) is 5.69 Å². The van der Waals surface area contributed by atoms with Gasteiger partial charge in [0.15, 0.2) is 4.80 Å². The van der Waals surface area contributed by atoms with Crippen molar-refractivity contribution in [2.75, 3.05) is 4.72 Å². The van der Waals surface area contributed by atoms with Crippen LogP contribution in [-0.2, 0) is 26.6 Å². The Morgan fingerprint density at radius 1 is 1.03 bits per heavy atom. The van der Waals surface area contributed by atoms with Gasteiger partial charge in [0.25, 0.3) is 15.9 Å². The van der Waals surface area contributed by atoms with E-state index in [1.807, 2.05) is 6.92 Å². The fraction of sp³-hybridized carbons (Fsp3) is 0.0833. The van der Waals surface area contributed by atoms with Gasteiger partial charge in [-0.3, -0.25) is 9.52 Å². The molecular formula is C24H20N4O5S3. The first kappa shape index (κ1) is 25.3. The third kappa shape index (κ3) is 5.39. The van der Waals surface area contributed by atoms with Gasteiger partial charge in [-0.05, 0) is 61.5 Å². The van der Waals surface area contributed by atoms with E-state index in [0.717, 1.165) is 16.9 Å². The van der Waals surface area contributed by atoms with E-state index in [0.29, 0.717) is 10.2 Å². The second-order valence-electron chi connectivity index (χ2n) is 7.76. The van der Waals surface area contributed by atoms with Gasteiger partial charge >= 0.3 is 0 Å². The molecule has 0 aliphatic heterocycles. The molecule has 0 saturated heterocycles. The molecule has 1 heterocycles. The lowest BCUT2D eigenvalue weighted by atomic mass is 10.2. The summed E-state index contributed by atoms with van der Waals surface area (Å²) in [5, 5.41) is 5.21. The van der Waals surface area contributed by atoms with Crippen molar-refractivity contribution in [1.29, 1.82) is 0 Å². The monoisotopic (exact) mass is 540 g/mol. The number of aryl methyl sites for hydroxylation is 1. The first-order valence-electron chi connectivity index (χ1n) is 10.4. The highest BCUT2D eigenvalue weighted by molar-refractivity contribution is 7.92. The second kappa shape index (κ2) is 9.71. The van der Waals surface area contributed by atoms with E-state index in [-0.39, 0.29) is 32.4 Å². The van der Waals surface area contributed by atoms with Gasteiger partial charge in [0.2, 0.25) is 10.0 Å². The molecule has 3 aromatic carbocycles. The molecule has 0 aliphatic rings. The first-order chi connectivity index (χ1) is 17.0. The maximum absolute atomic E-state index is 12.8. The molecule has 0 bridgehead atoms. The van der Waals surface area contributed by atoms with Crippen LogP contribution in [0.25, 0.3) is 10.2 Å². The number of benzene rings is 3. The molecule has 9 nitrogen and oxygen atoms in total. The van der Waals surface area contributed by atoms with Crippen LogP contribution in [-0.4, -0.2) is 27.3 Å². The Bertz CT molecular complexity index is 1790. The summed E-state index contributed by atoms with van der Waals surface area (Å²) >= 11 is 1.09. The van der Waals surface area contributed by atoms with Gasteiger partial charge in [-0.2, -0.15) is 4.99 Å². The zero-order valence-electron chi connectivity index (χ0n) is 18.9. The quantitative estimate of drug-likeness (QED) is 0.362. The Kier molecular flexibility index (Phi) is 6.83. The lowest BCUT2D eigenvalue weighted by Gasteiger charge is -2.08. The summed E-state index contributed by atoms with van der Waals surface area (Å²) in [7, 11) is -7.69. The number of carbonyl (C=O) groups excluding carboxylic acids is 1. The zero-order chi connectivity index (χ0) is 26.1. The van der Waals surface area contributed by atoms with Gasteiger partial charge in [-0.1, -0.05) is 35.0 Å². The van der Waals surface area contributed by atoms with E-state index in [9.17, 15) is 21.6 Å². The predicted octanol–water partition coefficient (Wildman–Crippen LogP) is 2.83. The highest BCUT2D eigenvalue weighted by Crippen LogP contribution is 2.22. The molecule has 0 fully saturated rings. The number of carbonyl (C=O) groups is 1. The Labute approximate surface area is 212 Å². The number of rotatable bonds is 6. The number of terminal acetylenes is 1. The van der Waals surface area contributed by atoms with Crippen LogP contribution >= 0.6 is 11.3 Å². The molecular weight excluding hydrogens is 520 g/mol. The molecule has 0 unspecified atom stereocenters.